The molecule has 3 rings (SSSR count). The van der Waals surface area contributed by atoms with E-state index in [1.165, 1.54) is 0 Å². The fraction of sp³-hybridized carbons (Fsp3) is 0.500. The Kier molecular flexibility index (Phi) is 5.33. The average molecular weight is 344 g/mol. The van der Waals surface area contributed by atoms with Crippen LogP contribution in [-0.2, 0) is 11.8 Å². The van der Waals surface area contributed by atoms with Crippen molar-refractivity contribution in [2.75, 3.05) is 13.2 Å². The summed E-state index contributed by atoms with van der Waals surface area (Å²) < 4.78 is 7.37. The molecule has 1 aromatic heterocycles. The minimum absolute atomic E-state index is 0.0182. The smallest absolute Gasteiger partial charge is 0.257 e. The SMILES string of the molecule is Cc1cccc(OCC(=O)NC[C@H]2C[C@H](c3nncn3C)C[C@H]2O)c1. The zero-order valence-corrected chi connectivity index (χ0v) is 14.6. The normalized spacial score (nSPS) is 22.8. The summed E-state index contributed by atoms with van der Waals surface area (Å²) in [6, 6.07) is 7.58. The third-order valence-electron chi connectivity index (χ3n) is 4.69. The summed E-state index contributed by atoms with van der Waals surface area (Å²) in [5, 5.41) is 21.1. The maximum Gasteiger partial charge on any atom is 0.257 e. The number of aliphatic hydroxyl groups excluding tert-OH is 1. The standard InChI is InChI=1S/C18H24N4O3/c1-12-4-3-5-15(6-12)25-10-17(24)19-9-14-7-13(8-16(14)23)18-21-20-11-22(18)2/h3-6,11,13-14,16,23H,7-10H2,1-2H3,(H,19,24)/t13-,14+,16+/m0/s1. The van der Waals surface area contributed by atoms with Crippen LogP contribution in [-0.4, -0.2) is 45.0 Å². The number of hydrogen-bond acceptors (Lipinski definition) is 5. The molecule has 0 unspecified atom stereocenters. The van der Waals surface area contributed by atoms with Gasteiger partial charge in [-0.3, -0.25) is 4.79 Å². The number of aliphatic hydroxyl groups is 1. The van der Waals surface area contributed by atoms with Crippen LogP contribution in [0.25, 0.3) is 0 Å². The van der Waals surface area contributed by atoms with Gasteiger partial charge in [-0.1, -0.05) is 12.1 Å². The van der Waals surface area contributed by atoms with E-state index in [0.717, 1.165) is 17.8 Å². The van der Waals surface area contributed by atoms with Gasteiger partial charge in [0.1, 0.15) is 17.9 Å². The van der Waals surface area contributed by atoms with Crippen LogP contribution in [0.2, 0.25) is 0 Å². The number of ether oxygens (including phenoxy) is 1. The lowest BCUT2D eigenvalue weighted by atomic mass is 10.0. The summed E-state index contributed by atoms with van der Waals surface area (Å²) >= 11 is 0. The Labute approximate surface area is 147 Å². The molecule has 7 heteroatoms. The van der Waals surface area contributed by atoms with Crippen molar-refractivity contribution in [1.29, 1.82) is 0 Å². The van der Waals surface area contributed by atoms with Crippen molar-refractivity contribution >= 4 is 5.91 Å². The number of amides is 1. The van der Waals surface area contributed by atoms with Gasteiger partial charge in [0.25, 0.3) is 5.91 Å². The van der Waals surface area contributed by atoms with E-state index in [9.17, 15) is 9.90 Å². The second kappa shape index (κ2) is 7.65. The first-order chi connectivity index (χ1) is 12.0. The predicted molar refractivity (Wildman–Crippen MR) is 92.2 cm³/mol. The van der Waals surface area contributed by atoms with Crippen LogP contribution in [0.4, 0.5) is 0 Å². The lowest BCUT2D eigenvalue weighted by molar-refractivity contribution is -0.123. The molecule has 0 radical (unpaired) electrons. The van der Waals surface area contributed by atoms with E-state index in [4.69, 9.17) is 4.74 Å². The maximum atomic E-state index is 12.0. The number of carbonyl (C=O) groups excluding carboxylic acids is 1. The van der Waals surface area contributed by atoms with Crippen LogP contribution >= 0.6 is 0 Å². The minimum atomic E-state index is -0.445. The molecule has 25 heavy (non-hydrogen) atoms. The number of aromatic nitrogens is 3. The van der Waals surface area contributed by atoms with E-state index in [2.05, 4.69) is 15.5 Å². The zero-order valence-electron chi connectivity index (χ0n) is 14.6. The van der Waals surface area contributed by atoms with Gasteiger partial charge in [0.2, 0.25) is 0 Å². The van der Waals surface area contributed by atoms with E-state index in [0.29, 0.717) is 18.7 Å². The highest BCUT2D eigenvalue weighted by Gasteiger charge is 2.35. The fourth-order valence-corrected chi connectivity index (χ4v) is 3.34. The van der Waals surface area contributed by atoms with Crippen molar-refractivity contribution in [2.24, 2.45) is 13.0 Å². The van der Waals surface area contributed by atoms with Crippen molar-refractivity contribution in [3.05, 3.63) is 42.0 Å². The maximum absolute atomic E-state index is 12.0. The first-order valence-electron chi connectivity index (χ1n) is 8.51. The van der Waals surface area contributed by atoms with Crippen LogP contribution in [0.15, 0.2) is 30.6 Å². The van der Waals surface area contributed by atoms with Crippen LogP contribution in [0.5, 0.6) is 5.75 Å². The van der Waals surface area contributed by atoms with Crippen molar-refractivity contribution in [3.8, 4) is 5.75 Å². The van der Waals surface area contributed by atoms with E-state index >= 15 is 0 Å². The number of aryl methyl sites for hydroxylation is 2. The molecule has 0 aliphatic heterocycles. The van der Waals surface area contributed by atoms with Gasteiger partial charge in [0.15, 0.2) is 6.61 Å². The highest BCUT2D eigenvalue weighted by atomic mass is 16.5. The molecule has 1 heterocycles. The molecule has 1 fully saturated rings. The van der Waals surface area contributed by atoms with Gasteiger partial charge in [0, 0.05) is 25.4 Å². The third-order valence-corrected chi connectivity index (χ3v) is 4.69. The Morgan fingerprint density at radius 3 is 3.00 bits per heavy atom. The molecular formula is C18H24N4O3. The summed E-state index contributed by atoms with van der Waals surface area (Å²) in [6.07, 6.45) is 2.65. The van der Waals surface area contributed by atoms with E-state index in [1.54, 1.807) is 6.33 Å². The van der Waals surface area contributed by atoms with Crippen LogP contribution in [0.1, 0.15) is 30.1 Å². The number of hydrogen-bond donors (Lipinski definition) is 2. The fourth-order valence-electron chi connectivity index (χ4n) is 3.34. The molecule has 3 atom stereocenters. The molecule has 2 N–H and O–H groups in total. The van der Waals surface area contributed by atoms with Gasteiger partial charge in [-0.05, 0) is 37.5 Å². The quantitative estimate of drug-likeness (QED) is 0.821. The number of nitrogens with zero attached hydrogens (tertiary/aromatic N) is 3. The van der Waals surface area contributed by atoms with Crippen LogP contribution in [0, 0.1) is 12.8 Å². The third kappa shape index (κ3) is 4.36. The molecule has 2 aromatic rings. The largest absolute Gasteiger partial charge is 0.484 e. The van der Waals surface area contributed by atoms with Crippen LogP contribution in [0.3, 0.4) is 0 Å². The molecule has 1 aliphatic rings. The summed E-state index contributed by atoms with van der Waals surface area (Å²) in [5.41, 5.74) is 1.09. The Morgan fingerprint density at radius 1 is 1.44 bits per heavy atom. The Balaban J connectivity index is 1.45. The summed E-state index contributed by atoms with van der Waals surface area (Å²) in [6.45, 7) is 2.38. The van der Waals surface area contributed by atoms with Gasteiger partial charge >= 0.3 is 0 Å². The van der Waals surface area contributed by atoms with Gasteiger partial charge in [-0.25, -0.2) is 0 Å². The topological polar surface area (TPSA) is 89.3 Å². The number of rotatable bonds is 6. The molecule has 0 saturated heterocycles. The van der Waals surface area contributed by atoms with Crippen molar-refractivity contribution in [3.63, 3.8) is 0 Å². The molecular weight excluding hydrogens is 320 g/mol. The molecule has 1 saturated carbocycles. The monoisotopic (exact) mass is 344 g/mol. The van der Waals surface area contributed by atoms with Crippen molar-refractivity contribution in [1.82, 2.24) is 20.1 Å². The summed E-state index contributed by atoms with van der Waals surface area (Å²) in [4.78, 5) is 12.0. The molecule has 0 bridgehead atoms. The van der Waals surface area contributed by atoms with E-state index < -0.39 is 6.10 Å². The van der Waals surface area contributed by atoms with Crippen molar-refractivity contribution in [2.45, 2.75) is 31.8 Å². The Hall–Kier alpha value is -2.41. The lowest BCUT2D eigenvalue weighted by Gasteiger charge is -2.15. The van der Waals surface area contributed by atoms with E-state index in [1.807, 2.05) is 42.8 Å². The molecule has 1 aromatic carbocycles. The predicted octanol–water partition coefficient (Wildman–Crippen LogP) is 1.17. The summed E-state index contributed by atoms with van der Waals surface area (Å²) in [5.74, 6) is 1.57. The number of carbonyl (C=O) groups is 1. The van der Waals surface area contributed by atoms with E-state index in [-0.39, 0.29) is 24.3 Å². The molecule has 1 amide bonds. The molecule has 7 nitrogen and oxygen atoms in total. The second-order valence-corrected chi connectivity index (χ2v) is 6.71. The van der Waals surface area contributed by atoms with Gasteiger partial charge < -0.3 is 19.7 Å². The Morgan fingerprint density at radius 2 is 2.28 bits per heavy atom. The first kappa shape index (κ1) is 17.4. The van der Waals surface area contributed by atoms with Crippen LogP contribution < -0.4 is 10.1 Å². The lowest BCUT2D eigenvalue weighted by Crippen LogP contribution is -2.35. The highest BCUT2D eigenvalue weighted by Crippen LogP contribution is 2.37. The number of nitrogens with one attached hydrogen (secondary N) is 1. The highest BCUT2D eigenvalue weighted by molar-refractivity contribution is 5.77. The second-order valence-electron chi connectivity index (χ2n) is 6.71. The Bertz CT molecular complexity index is 731. The minimum Gasteiger partial charge on any atom is -0.484 e. The van der Waals surface area contributed by atoms with Gasteiger partial charge in [0.05, 0.1) is 6.10 Å². The van der Waals surface area contributed by atoms with Gasteiger partial charge in [-0.15, -0.1) is 10.2 Å². The molecule has 134 valence electrons. The molecule has 1 aliphatic carbocycles. The average Bonchev–Trinajstić information content (AvgIpc) is 3.16. The summed E-state index contributed by atoms with van der Waals surface area (Å²) in [7, 11) is 1.90. The number of benzene rings is 1. The first-order valence-corrected chi connectivity index (χ1v) is 8.51. The van der Waals surface area contributed by atoms with Crippen molar-refractivity contribution < 1.29 is 14.6 Å². The zero-order chi connectivity index (χ0) is 17.8. The van der Waals surface area contributed by atoms with Gasteiger partial charge in [-0.2, -0.15) is 0 Å². The molecule has 0 spiro atoms.